The highest BCUT2D eigenvalue weighted by atomic mass is 16.5. The van der Waals surface area contributed by atoms with Crippen LogP contribution in [0, 0.1) is 12.3 Å². The Morgan fingerprint density at radius 3 is 3.14 bits per heavy atom. The van der Waals surface area contributed by atoms with Crippen LogP contribution in [0.1, 0.15) is 0 Å². The molecule has 0 bridgehead atoms. The fourth-order valence-electron chi connectivity index (χ4n) is 1.26. The van der Waals surface area contributed by atoms with Gasteiger partial charge in [0.1, 0.15) is 12.4 Å². The summed E-state index contributed by atoms with van der Waals surface area (Å²) in [5.74, 6) is 3.18. The standard InChI is InChI=1S/C12H9NO/c1-2-8-14-11-6-5-10-4-3-7-13-12(10)9-11/h1,3-7,9H,8H2. The van der Waals surface area contributed by atoms with E-state index >= 15 is 0 Å². The Balaban J connectivity index is 2.37. The van der Waals surface area contributed by atoms with Crippen LogP contribution < -0.4 is 4.74 Å². The zero-order chi connectivity index (χ0) is 9.80. The first-order valence-electron chi connectivity index (χ1n) is 4.31. The molecule has 0 fully saturated rings. The van der Waals surface area contributed by atoms with Crippen LogP contribution in [0.2, 0.25) is 0 Å². The Morgan fingerprint density at radius 1 is 1.36 bits per heavy atom. The maximum Gasteiger partial charge on any atom is 0.148 e. The van der Waals surface area contributed by atoms with Gasteiger partial charge < -0.3 is 4.74 Å². The molecular weight excluding hydrogens is 174 g/mol. The number of rotatable bonds is 2. The van der Waals surface area contributed by atoms with E-state index in [1.807, 2.05) is 30.3 Å². The van der Waals surface area contributed by atoms with Crippen molar-refractivity contribution in [2.24, 2.45) is 0 Å². The highest BCUT2D eigenvalue weighted by Gasteiger charge is 1.96. The number of terminal acetylenes is 1. The maximum atomic E-state index is 5.29. The molecule has 0 N–H and O–H groups in total. The van der Waals surface area contributed by atoms with Gasteiger partial charge in [-0.05, 0) is 18.2 Å². The van der Waals surface area contributed by atoms with Gasteiger partial charge in [0.2, 0.25) is 0 Å². The van der Waals surface area contributed by atoms with Crippen molar-refractivity contribution in [3.05, 3.63) is 36.5 Å². The lowest BCUT2D eigenvalue weighted by molar-refractivity contribution is 0.371. The van der Waals surface area contributed by atoms with Crippen LogP contribution in [-0.2, 0) is 0 Å². The largest absolute Gasteiger partial charge is 0.481 e. The van der Waals surface area contributed by atoms with E-state index in [-0.39, 0.29) is 0 Å². The second-order valence-corrected chi connectivity index (χ2v) is 2.85. The van der Waals surface area contributed by atoms with E-state index in [2.05, 4.69) is 10.9 Å². The fourth-order valence-corrected chi connectivity index (χ4v) is 1.26. The molecule has 2 nitrogen and oxygen atoms in total. The molecule has 0 aliphatic rings. The normalized spacial score (nSPS) is 9.64. The molecule has 0 radical (unpaired) electrons. The van der Waals surface area contributed by atoms with Crippen LogP contribution >= 0.6 is 0 Å². The summed E-state index contributed by atoms with van der Waals surface area (Å²) in [7, 11) is 0. The minimum atomic E-state index is 0.290. The van der Waals surface area contributed by atoms with E-state index in [4.69, 9.17) is 11.2 Å². The predicted molar refractivity (Wildman–Crippen MR) is 56.1 cm³/mol. The second kappa shape index (κ2) is 3.80. The molecule has 1 aromatic heterocycles. The van der Waals surface area contributed by atoms with E-state index in [0.717, 1.165) is 16.7 Å². The number of benzene rings is 1. The molecule has 68 valence electrons. The topological polar surface area (TPSA) is 22.1 Å². The molecule has 0 atom stereocenters. The molecule has 0 amide bonds. The summed E-state index contributed by atoms with van der Waals surface area (Å²) in [6.45, 7) is 0.290. The zero-order valence-corrected chi connectivity index (χ0v) is 7.60. The van der Waals surface area contributed by atoms with Gasteiger partial charge in [0, 0.05) is 17.6 Å². The Morgan fingerprint density at radius 2 is 2.29 bits per heavy atom. The van der Waals surface area contributed by atoms with Crippen LogP contribution in [0.3, 0.4) is 0 Å². The average Bonchev–Trinajstić information content (AvgIpc) is 2.26. The number of hydrogen-bond acceptors (Lipinski definition) is 2. The first kappa shape index (κ1) is 8.58. The van der Waals surface area contributed by atoms with Crippen LogP contribution in [0.4, 0.5) is 0 Å². The highest BCUT2D eigenvalue weighted by molar-refractivity contribution is 5.79. The SMILES string of the molecule is C#CCOc1ccc2cccnc2c1. The van der Waals surface area contributed by atoms with E-state index in [1.54, 1.807) is 6.20 Å². The Bertz CT molecular complexity index is 485. The molecule has 0 unspecified atom stereocenters. The van der Waals surface area contributed by atoms with Gasteiger partial charge in [0.25, 0.3) is 0 Å². The van der Waals surface area contributed by atoms with Crippen LogP contribution in [-0.4, -0.2) is 11.6 Å². The van der Waals surface area contributed by atoms with Crippen LogP contribution in [0.15, 0.2) is 36.5 Å². The molecule has 0 saturated carbocycles. The third-order valence-electron chi connectivity index (χ3n) is 1.90. The van der Waals surface area contributed by atoms with Crippen molar-refractivity contribution in [1.29, 1.82) is 0 Å². The van der Waals surface area contributed by atoms with Crippen molar-refractivity contribution in [1.82, 2.24) is 4.98 Å². The Labute approximate surface area is 82.5 Å². The quantitative estimate of drug-likeness (QED) is 0.666. The first-order valence-corrected chi connectivity index (χ1v) is 4.31. The lowest BCUT2D eigenvalue weighted by Crippen LogP contribution is -1.93. The molecule has 0 saturated heterocycles. The summed E-state index contributed by atoms with van der Waals surface area (Å²) in [4.78, 5) is 4.22. The monoisotopic (exact) mass is 183 g/mol. The second-order valence-electron chi connectivity index (χ2n) is 2.85. The van der Waals surface area contributed by atoms with E-state index in [9.17, 15) is 0 Å². The van der Waals surface area contributed by atoms with Gasteiger partial charge in [-0.2, -0.15) is 0 Å². The first-order chi connectivity index (χ1) is 6.90. The van der Waals surface area contributed by atoms with Crippen molar-refractivity contribution in [2.75, 3.05) is 6.61 Å². The number of aromatic nitrogens is 1. The van der Waals surface area contributed by atoms with Gasteiger partial charge in [-0.25, -0.2) is 0 Å². The smallest absolute Gasteiger partial charge is 0.148 e. The van der Waals surface area contributed by atoms with Crippen molar-refractivity contribution < 1.29 is 4.74 Å². The summed E-state index contributed by atoms with van der Waals surface area (Å²) in [6.07, 6.45) is 6.86. The molecule has 0 aliphatic carbocycles. The Hall–Kier alpha value is -2.01. The lowest BCUT2D eigenvalue weighted by atomic mass is 10.2. The summed E-state index contributed by atoms with van der Waals surface area (Å²) in [5, 5.41) is 1.10. The number of ether oxygens (including phenoxy) is 1. The zero-order valence-electron chi connectivity index (χ0n) is 7.60. The Kier molecular flexibility index (Phi) is 2.33. The summed E-state index contributed by atoms with van der Waals surface area (Å²) < 4.78 is 5.29. The minimum absolute atomic E-state index is 0.290. The van der Waals surface area contributed by atoms with Gasteiger partial charge in [0.05, 0.1) is 5.52 Å². The van der Waals surface area contributed by atoms with Crippen LogP contribution in [0.5, 0.6) is 5.75 Å². The maximum absolute atomic E-state index is 5.29. The van der Waals surface area contributed by atoms with Gasteiger partial charge in [0.15, 0.2) is 0 Å². The molecular formula is C12H9NO. The van der Waals surface area contributed by atoms with Crippen molar-refractivity contribution in [3.63, 3.8) is 0 Å². The molecule has 1 aromatic carbocycles. The van der Waals surface area contributed by atoms with Gasteiger partial charge >= 0.3 is 0 Å². The predicted octanol–water partition coefficient (Wildman–Crippen LogP) is 2.25. The third kappa shape index (κ3) is 1.67. The molecule has 1 heterocycles. The highest BCUT2D eigenvalue weighted by Crippen LogP contribution is 2.18. The molecule has 2 aromatic rings. The molecule has 0 aliphatic heterocycles. The lowest BCUT2D eigenvalue weighted by Gasteiger charge is -2.02. The molecule has 14 heavy (non-hydrogen) atoms. The number of hydrogen-bond donors (Lipinski definition) is 0. The van der Waals surface area contributed by atoms with Crippen molar-refractivity contribution in [2.45, 2.75) is 0 Å². The fraction of sp³-hybridized carbons (Fsp3) is 0.0833. The van der Waals surface area contributed by atoms with Gasteiger partial charge in [-0.15, -0.1) is 6.42 Å². The summed E-state index contributed by atoms with van der Waals surface area (Å²) in [5.41, 5.74) is 0.919. The molecule has 2 rings (SSSR count). The third-order valence-corrected chi connectivity index (χ3v) is 1.90. The minimum Gasteiger partial charge on any atom is -0.481 e. The number of pyridine rings is 1. The molecule has 0 spiro atoms. The van der Waals surface area contributed by atoms with Gasteiger partial charge in [-0.1, -0.05) is 12.0 Å². The van der Waals surface area contributed by atoms with Crippen molar-refractivity contribution >= 4 is 10.9 Å². The van der Waals surface area contributed by atoms with E-state index < -0.39 is 0 Å². The van der Waals surface area contributed by atoms with Crippen molar-refractivity contribution in [3.8, 4) is 18.1 Å². The van der Waals surface area contributed by atoms with E-state index in [1.165, 1.54) is 0 Å². The number of nitrogens with zero attached hydrogens (tertiary/aromatic N) is 1. The summed E-state index contributed by atoms with van der Waals surface area (Å²) >= 11 is 0. The van der Waals surface area contributed by atoms with Gasteiger partial charge in [-0.3, -0.25) is 4.98 Å². The van der Waals surface area contributed by atoms with E-state index in [0.29, 0.717) is 6.61 Å². The average molecular weight is 183 g/mol. The summed E-state index contributed by atoms with van der Waals surface area (Å²) in [6, 6.07) is 9.65. The van der Waals surface area contributed by atoms with Crippen LogP contribution in [0.25, 0.3) is 10.9 Å². The molecule has 2 heteroatoms. The number of fused-ring (bicyclic) bond motifs is 1.